The minimum Gasteiger partial charge on any atom is -0.394 e. The van der Waals surface area contributed by atoms with Gasteiger partial charge in [0.05, 0.1) is 12.6 Å². The van der Waals surface area contributed by atoms with E-state index in [1.165, 1.54) is 6.07 Å². The summed E-state index contributed by atoms with van der Waals surface area (Å²) < 4.78 is 27.6. The Morgan fingerprint density at radius 1 is 1.26 bits per heavy atom. The summed E-state index contributed by atoms with van der Waals surface area (Å²) in [6.45, 7) is -0.646. The Morgan fingerprint density at radius 3 is 2.65 bits per heavy atom. The molecule has 1 atom stereocenters. The lowest BCUT2D eigenvalue weighted by molar-refractivity contribution is 0.0913. The van der Waals surface area contributed by atoms with E-state index in [1.54, 1.807) is 18.3 Å². The minimum atomic E-state index is -1.20. The first-order valence-electron chi connectivity index (χ1n) is 6.67. The fourth-order valence-electron chi connectivity index (χ4n) is 2.14. The highest BCUT2D eigenvalue weighted by Crippen LogP contribution is 2.23. The molecule has 0 aliphatic heterocycles. The van der Waals surface area contributed by atoms with Crippen molar-refractivity contribution in [1.29, 1.82) is 0 Å². The molecule has 5 nitrogen and oxygen atoms in total. The average Bonchev–Trinajstić information content (AvgIpc) is 2.97. The predicted molar refractivity (Wildman–Crippen MR) is 81.1 cm³/mol. The van der Waals surface area contributed by atoms with Crippen LogP contribution < -0.4 is 5.32 Å². The largest absolute Gasteiger partial charge is 0.394 e. The molecule has 0 saturated heterocycles. The third-order valence-corrected chi connectivity index (χ3v) is 4.17. The quantitative estimate of drug-likeness (QED) is 0.768. The summed E-state index contributed by atoms with van der Waals surface area (Å²) in [5.41, 5.74) is 0.169. The van der Waals surface area contributed by atoms with Gasteiger partial charge < -0.3 is 10.4 Å². The number of carbonyl (C=O) groups excluding carboxylic acids is 1. The second-order valence-corrected chi connectivity index (χ2v) is 5.67. The number of fused-ring (bicyclic) bond motifs is 1. The molecule has 0 aliphatic rings. The molecule has 0 radical (unpaired) electrons. The van der Waals surface area contributed by atoms with Crippen molar-refractivity contribution in [3.63, 3.8) is 0 Å². The number of nitrogens with zero attached hydrogens (tertiary/aromatic N) is 2. The Labute approximate surface area is 133 Å². The van der Waals surface area contributed by atoms with Crippen LogP contribution >= 0.6 is 11.3 Å². The van der Waals surface area contributed by atoms with E-state index in [0.717, 1.165) is 23.5 Å². The molecule has 1 aromatic carbocycles. The highest BCUT2D eigenvalue weighted by Gasteiger charge is 2.23. The number of aromatic nitrogens is 2. The lowest BCUT2D eigenvalue weighted by Gasteiger charge is -2.17. The van der Waals surface area contributed by atoms with Gasteiger partial charge in [0.15, 0.2) is 5.01 Å². The Bertz CT molecular complexity index is 816. The van der Waals surface area contributed by atoms with Gasteiger partial charge in [-0.05, 0) is 24.3 Å². The number of amides is 1. The van der Waals surface area contributed by atoms with Crippen LogP contribution in [0.1, 0.15) is 21.4 Å². The van der Waals surface area contributed by atoms with Gasteiger partial charge in [0.25, 0.3) is 5.91 Å². The first kappa shape index (κ1) is 15.4. The number of aliphatic hydroxyl groups is 1. The van der Waals surface area contributed by atoms with E-state index in [1.807, 2.05) is 0 Å². The molecule has 0 spiro atoms. The van der Waals surface area contributed by atoms with Crippen LogP contribution in [0.25, 0.3) is 10.3 Å². The van der Waals surface area contributed by atoms with Crippen LogP contribution in [-0.2, 0) is 0 Å². The second-order valence-electron chi connectivity index (χ2n) is 4.69. The molecule has 0 unspecified atom stereocenters. The van der Waals surface area contributed by atoms with Gasteiger partial charge in [-0.3, -0.25) is 4.79 Å². The van der Waals surface area contributed by atoms with Crippen LogP contribution in [0.4, 0.5) is 8.78 Å². The number of hydrogen-bond donors (Lipinski definition) is 2. The van der Waals surface area contributed by atoms with Crippen molar-refractivity contribution >= 4 is 27.6 Å². The number of benzene rings is 1. The van der Waals surface area contributed by atoms with Crippen molar-refractivity contribution in [3.05, 3.63) is 58.7 Å². The molecule has 2 heterocycles. The van der Waals surface area contributed by atoms with Crippen LogP contribution in [0.3, 0.4) is 0 Å². The van der Waals surface area contributed by atoms with Crippen molar-refractivity contribution in [2.24, 2.45) is 0 Å². The molecule has 0 bridgehead atoms. The van der Waals surface area contributed by atoms with E-state index in [4.69, 9.17) is 0 Å². The number of carbonyl (C=O) groups is 1. The Balaban J connectivity index is 1.88. The second kappa shape index (κ2) is 6.35. The summed E-state index contributed by atoms with van der Waals surface area (Å²) in [6.07, 6.45) is 1.58. The third kappa shape index (κ3) is 3.03. The maximum absolute atomic E-state index is 13.8. The molecule has 3 rings (SSSR count). The van der Waals surface area contributed by atoms with Crippen molar-refractivity contribution < 1.29 is 18.7 Å². The van der Waals surface area contributed by atoms with Crippen LogP contribution in [-0.4, -0.2) is 27.6 Å². The molecular formula is C15H11F2N3O2S. The lowest BCUT2D eigenvalue weighted by Crippen LogP contribution is -2.32. The maximum Gasteiger partial charge on any atom is 0.280 e. The van der Waals surface area contributed by atoms with Crippen LogP contribution in [0.2, 0.25) is 0 Å². The number of nitrogens with one attached hydrogen (secondary N) is 1. The molecule has 1 amide bonds. The summed E-state index contributed by atoms with van der Waals surface area (Å²) in [4.78, 5) is 21.0. The molecule has 118 valence electrons. The van der Waals surface area contributed by atoms with Gasteiger partial charge in [-0.2, -0.15) is 0 Å². The van der Waals surface area contributed by atoms with Crippen molar-refractivity contribution in [1.82, 2.24) is 15.3 Å². The van der Waals surface area contributed by atoms with E-state index in [2.05, 4.69) is 15.3 Å². The monoisotopic (exact) mass is 335 g/mol. The lowest BCUT2D eigenvalue weighted by atomic mass is 10.1. The van der Waals surface area contributed by atoms with Gasteiger partial charge in [-0.25, -0.2) is 18.7 Å². The topological polar surface area (TPSA) is 75.1 Å². The highest BCUT2D eigenvalue weighted by molar-refractivity contribution is 7.19. The smallest absolute Gasteiger partial charge is 0.280 e. The number of rotatable bonds is 4. The third-order valence-electron chi connectivity index (χ3n) is 3.20. The molecule has 2 aromatic heterocycles. The van der Waals surface area contributed by atoms with E-state index in [-0.39, 0.29) is 10.6 Å². The van der Waals surface area contributed by atoms with Gasteiger partial charge in [0.1, 0.15) is 22.0 Å². The van der Waals surface area contributed by atoms with Crippen LogP contribution in [0.15, 0.2) is 36.5 Å². The SMILES string of the molecule is O=C(N[C@H](CO)c1c(F)cccc1F)c1nc2cccnc2s1. The molecule has 8 heteroatoms. The Kier molecular flexibility index (Phi) is 4.26. The molecule has 23 heavy (non-hydrogen) atoms. The normalized spacial score (nSPS) is 12.3. The van der Waals surface area contributed by atoms with E-state index in [9.17, 15) is 18.7 Å². The summed E-state index contributed by atoms with van der Waals surface area (Å²) in [5, 5.41) is 11.9. The zero-order chi connectivity index (χ0) is 16.4. The standard InChI is InChI=1S/C15H11F2N3O2S/c16-8-3-1-4-9(17)12(8)11(7-21)19-13(22)15-20-10-5-2-6-18-14(10)23-15/h1-6,11,21H,7H2,(H,19,22)/t11-/m1/s1. The van der Waals surface area contributed by atoms with Crippen LogP contribution in [0, 0.1) is 11.6 Å². The number of hydrogen-bond acceptors (Lipinski definition) is 5. The predicted octanol–water partition coefficient (Wildman–Crippen LogP) is 2.43. The molecular weight excluding hydrogens is 324 g/mol. The minimum absolute atomic E-state index is 0.105. The van der Waals surface area contributed by atoms with Gasteiger partial charge in [-0.1, -0.05) is 17.4 Å². The number of halogens is 2. The zero-order valence-corrected chi connectivity index (χ0v) is 12.5. The fourth-order valence-corrected chi connectivity index (χ4v) is 2.95. The summed E-state index contributed by atoms with van der Waals surface area (Å²) in [6, 6.07) is 5.53. The number of aliphatic hydroxyl groups excluding tert-OH is 1. The molecule has 3 aromatic rings. The van der Waals surface area contributed by atoms with E-state index < -0.39 is 30.2 Å². The maximum atomic E-state index is 13.8. The summed E-state index contributed by atoms with van der Waals surface area (Å²) in [7, 11) is 0. The van der Waals surface area contributed by atoms with Crippen molar-refractivity contribution in [2.45, 2.75) is 6.04 Å². The molecule has 0 fully saturated rings. The zero-order valence-electron chi connectivity index (χ0n) is 11.7. The van der Waals surface area contributed by atoms with E-state index in [0.29, 0.717) is 10.3 Å². The highest BCUT2D eigenvalue weighted by atomic mass is 32.1. The van der Waals surface area contributed by atoms with Crippen LogP contribution in [0.5, 0.6) is 0 Å². The molecule has 0 aliphatic carbocycles. The van der Waals surface area contributed by atoms with E-state index >= 15 is 0 Å². The molecule has 0 saturated carbocycles. The fraction of sp³-hybridized carbons (Fsp3) is 0.133. The van der Waals surface area contributed by atoms with Gasteiger partial charge >= 0.3 is 0 Å². The first-order valence-corrected chi connectivity index (χ1v) is 7.49. The number of thiazole rings is 1. The average molecular weight is 335 g/mol. The summed E-state index contributed by atoms with van der Waals surface area (Å²) in [5.74, 6) is -2.31. The summed E-state index contributed by atoms with van der Waals surface area (Å²) >= 11 is 1.06. The number of pyridine rings is 1. The first-order chi connectivity index (χ1) is 11.1. The van der Waals surface area contributed by atoms with Gasteiger partial charge in [0.2, 0.25) is 0 Å². The van der Waals surface area contributed by atoms with Crippen molar-refractivity contribution in [2.75, 3.05) is 6.61 Å². The Morgan fingerprint density at radius 2 is 2.00 bits per heavy atom. The Hall–Kier alpha value is -2.45. The molecule has 2 N–H and O–H groups in total. The van der Waals surface area contributed by atoms with Gasteiger partial charge in [0, 0.05) is 11.8 Å². The van der Waals surface area contributed by atoms with Gasteiger partial charge in [-0.15, -0.1) is 0 Å². The van der Waals surface area contributed by atoms with Crippen molar-refractivity contribution in [3.8, 4) is 0 Å².